The highest BCUT2D eigenvalue weighted by molar-refractivity contribution is 5.82. The van der Waals surface area contributed by atoms with E-state index in [1.807, 2.05) is 24.3 Å². The van der Waals surface area contributed by atoms with E-state index in [0.717, 1.165) is 28.0 Å². The molecule has 0 unspecified atom stereocenters. The van der Waals surface area contributed by atoms with Crippen LogP contribution in [0, 0.1) is 17.2 Å². The minimum absolute atomic E-state index is 0.00161. The van der Waals surface area contributed by atoms with Crippen LogP contribution in [-0.2, 0) is 0 Å². The molecule has 4 rings (SSSR count). The third kappa shape index (κ3) is 2.68. The number of aromatic nitrogens is 2. The van der Waals surface area contributed by atoms with Gasteiger partial charge >= 0.3 is 0 Å². The molecule has 0 amide bonds. The number of nitrogens with two attached hydrogens (primary N) is 1. The summed E-state index contributed by atoms with van der Waals surface area (Å²) in [5.41, 5.74) is 11.2. The lowest BCUT2D eigenvalue weighted by molar-refractivity contribution is 0.431. The number of nitriles is 1. The predicted molar refractivity (Wildman–Crippen MR) is 95.1 cm³/mol. The van der Waals surface area contributed by atoms with Crippen molar-refractivity contribution in [1.29, 1.82) is 5.26 Å². The maximum absolute atomic E-state index is 8.91. The van der Waals surface area contributed by atoms with Crippen LogP contribution in [0.1, 0.15) is 43.1 Å². The van der Waals surface area contributed by atoms with Crippen molar-refractivity contribution < 1.29 is 0 Å². The molecule has 120 valence electrons. The van der Waals surface area contributed by atoms with Crippen LogP contribution >= 0.6 is 0 Å². The summed E-state index contributed by atoms with van der Waals surface area (Å²) in [7, 11) is 0. The topological polar surface area (TPSA) is 78.5 Å². The summed E-state index contributed by atoms with van der Waals surface area (Å²) in [4.78, 5) is 8.13. The minimum atomic E-state index is -0.00161. The van der Waals surface area contributed by atoms with Gasteiger partial charge in [-0.1, -0.05) is 31.0 Å². The molecule has 0 radical (unpaired) electrons. The minimum Gasteiger partial charge on any atom is -0.341 e. The average molecular weight is 316 g/mol. The Morgan fingerprint density at radius 2 is 1.79 bits per heavy atom. The summed E-state index contributed by atoms with van der Waals surface area (Å²) < 4.78 is 0. The highest BCUT2D eigenvalue weighted by Crippen LogP contribution is 2.34. The Hall–Kier alpha value is -2.64. The van der Waals surface area contributed by atoms with E-state index in [9.17, 15) is 0 Å². The number of aromatic amines is 1. The fourth-order valence-corrected chi connectivity index (χ4v) is 3.64. The molecule has 3 aromatic rings. The molecule has 3 N–H and O–H groups in total. The molecule has 2 aromatic carbocycles. The normalized spacial score (nSPS) is 16.3. The van der Waals surface area contributed by atoms with E-state index in [0.29, 0.717) is 11.5 Å². The molecule has 0 saturated heterocycles. The Kier molecular flexibility index (Phi) is 3.79. The first kappa shape index (κ1) is 14.9. The second-order valence-corrected chi connectivity index (χ2v) is 6.61. The molecule has 0 bridgehead atoms. The molecule has 4 nitrogen and oxygen atoms in total. The van der Waals surface area contributed by atoms with Gasteiger partial charge in [-0.2, -0.15) is 5.26 Å². The number of hydrogen-bond donors (Lipinski definition) is 2. The smallest absolute Gasteiger partial charge is 0.124 e. The van der Waals surface area contributed by atoms with E-state index in [1.54, 1.807) is 0 Å². The summed E-state index contributed by atoms with van der Waals surface area (Å²) in [5.74, 6) is 1.44. The zero-order chi connectivity index (χ0) is 16.5. The van der Waals surface area contributed by atoms with Crippen molar-refractivity contribution in [3.05, 3.63) is 53.9 Å². The number of rotatable bonds is 3. The molecular formula is C20H20N4. The van der Waals surface area contributed by atoms with Gasteiger partial charge in [0.05, 0.1) is 28.7 Å². The molecule has 1 saturated carbocycles. The number of hydrogen-bond acceptors (Lipinski definition) is 3. The molecule has 0 spiro atoms. The highest BCUT2D eigenvalue weighted by Gasteiger charge is 2.25. The van der Waals surface area contributed by atoms with Crippen LogP contribution in [-0.4, -0.2) is 9.97 Å². The Labute approximate surface area is 141 Å². The molecule has 4 heteroatoms. The summed E-state index contributed by atoms with van der Waals surface area (Å²) >= 11 is 0. The van der Waals surface area contributed by atoms with Crippen molar-refractivity contribution in [3.63, 3.8) is 0 Å². The fraction of sp³-hybridized carbons (Fsp3) is 0.300. The summed E-state index contributed by atoms with van der Waals surface area (Å²) in [6.07, 6.45) is 4.96. The molecule has 1 aliphatic carbocycles. The largest absolute Gasteiger partial charge is 0.341 e. The van der Waals surface area contributed by atoms with Gasteiger partial charge < -0.3 is 10.7 Å². The zero-order valence-corrected chi connectivity index (χ0v) is 13.5. The first-order chi connectivity index (χ1) is 11.7. The van der Waals surface area contributed by atoms with Gasteiger partial charge in [0.25, 0.3) is 0 Å². The third-order valence-electron chi connectivity index (χ3n) is 5.07. The zero-order valence-electron chi connectivity index (χ0n) is 13.5. The van der Waals surface area contributed by atoms with E-state index >= 15 is 0 Å². The van der Waals surface area contributed by atoms with Gasteiger partial charge in [0.1, 0.15) is 5.82 Å². The van der Waals surface area contributed by atoms with E-state index in [-0.39, 0.29) is 6.04 Å². The molecule has 1 fully saturated rings. The maximum atomic E-state index is 8.91. The van der Waals surface area contributed by atoms with Crippen LogP contribution < -0.4 is 5.73 Å². The van der Waals surface area contributed by atoms with Crippen molar-refractivity contribution in [1.82, 2.24) is 9.97 Å². The maximum Gasteiger partial charge on any atom is 0.124 e. The third-order valence-corrected chi connectivity index (χ3v) is 5.07. The lowest BCUT2D eigenvalue weighted by Crippen LogP contribution is -2.20. The molecule has 1 atom stereocenters. The van der Waals surface area contributed by atoms with Crippen molar-refractivity contribution in [2.45, 2.75) is 31.7 Å². The van der Waals surface area contributed by atoms with Gasteiger partial charge in [0.2, 0.25) is 0 Å². The number of nitrogens with zero attached hydrogens (tertiary/aromatic N) is 2. The summed E-state index contributed by atoms with van der Waals surface area (Å²) in [5, 5.41) is 8.91. The van der Waals surface area contributed by atoms with Crippen LogP contribution in [0.4, 0.5) is 0 Å². The average Bonchev–Trinajstić information content (AvgIpc) is 3.30. The first-order valence-electron chi connectivity index (χ1n) is 8.50. The number of H-pyrrole nitrogens is 1. The van der Waals surface area contributed by atoms with Gasteiger partial charge in [-0.15, -0.1) is 0 Å². The SMILES string of the molecule is N#Cc1ccc(-c2ccc3[nH]c([C@@H](N)C4CCCC4)nc3c2)cc1. The molecule has 24 heavy (non-hydrogen) atoms. The van der Waals surface area contributed by atoms with E-state index < -0.39 is 0 Å². The van der Waals surface area contributed by atoms with Crippen LogP contribution in [0.15, 0.2) is 42.5 Å². The van der Waals surface area contributed by atoms with Crippen LogP contribution in [0.3, 0.4) is 0 Å². The Morgan fingerprint density at radius 1 is 1.08 bits per heavy atom. The van der Waals surface area contributed by atoms with Gasteiger partial charge in [-0.3, -0.25) is 0 Å². The second kappa shape index (κ2) is 6.10. The number of nitrogens with one attached hydrogen (secondary N) is 1. The molecular weight excluding hydrogens is 296 g/mol. The van der Waals surface area contributed by atoms with Crippen LogP contribution in [0.2, 0.25) is 0 Å². The first-order valence-corrected chi connectivity index (χ1v) is 8.50. The van der Waals surface area contributed by atoms with Gasteiger partial charge in [-0.25, -0.2) is 4.98 Å². The van der Waals surface area contributed by atoms with Crippen molar-refractivity contribution >= 4 is 11.0 Å². The Morgan fingerprint density at radius 3 is 2.50 bits per heavy atom. The lowest BCUT2D eigenvalue weighted by atomic mass is 9.99. The summed E-state index contributed by atoms with van der Waals surface area (Å²) in [6.45, 7) is 0. The van der Waals surface area contributed by atoms with E-state index in [4.69, 9.17) is 16.0 Å². The second-order valence-electron chi connectivity index (χ2n) is 6.61. The molecule has 1 aromatic heterocycles. The van der Waals surface area contributed by atoms with Crippen molar-refractivity contribution in [2.75, 3.05) is 0 Å². The number of imidazole rings is 1. The lowest BCUT2D eigenvalue weighted by Gasteiger charge is -2.15. The molecule has 1 aliphatic rings. The van der Waals surface area contributed by atoms with E-state index in [1.165, 1.54) is 25.7 Å². The fourth-order valence-electron chi connectivity index (χ4n) is 3.64. The quantitative estimate of drug-likeness (QED) is 0.756. The van der Waals surface area contributed by atoms with Crippen LogP contribution in [0.25, 0.3) is 22.2 Å². The Balaban J connectivity index is 1.66. The van der Waals surface area contributed by atoms with Gasteiger partial charge in [-0.05, 0) is 54.2 Å². The molecule has 0 aliphatic heterocycles. The standard InChI is InChI=1S/C20H20N4/c21-12-13-5-7-14(8-6-13)16-9-10-17-18(11-16)24-20(23-17)19(22)15-3-1-2-4-15/h5-11,15,19H,1-4,22H2,(H,23,24)/t19-/m0/s1. The van der Waals surface area contributed by atoms with Gasteiger partial charge in [0.15, 0.2) is 0 Å². The van der Waals surface area contributed by atoms with Crippen LogP contribution in [0.5, 0.6) is 0 Å². The number of benzene rings is 2. The number of fused-ring (bicyclic) bond motifs is 1. The van der Waals surface area contributed by atoms with Gasteiger partial charge in [0, 0.05) is 0 Å². The molecule has 1 heterocycles. The van der Waals surface area contributed by atoms with E-state index in [2.05, 4.69) is 29.3 Å². The highest BCUT2D eigenvalue weighted by atomic mass is 15.0. The van der Waals surface area contributed by atoms with Crippen molar-refractivity contribution in [2.24, 2.45) is 11.7 Å². The predicted octanol–water partition coefficient (Wildman–Crippen LogP) is 4.29. The monoisotopic (exact) mass is 316 g/mol. The van der Waals surface area contributed by atoms with Crippen molar-refractivity contribution in [3.8, 4) is 17.2 Å². The Bertz CT molecular complexity index is 896. The summed E-state index contributed by atoms with van der Waals surface area (Å²) in [6, 6.07) is 16.0.